The van der Waals surface area contributed by atoms with Crippen LogP contribution in [0.25, 0.3) is 0 Å². The van der Waals surface area contributed by atoms with Crippen LogP contribution >= 0.6 is 0 Å². The molecule has 0 saturated heterocycles. The van der Waals surface area contributed by atoms with E-state index in [-0.39, 0.29) is 18.1 Å². The van der Waals surface area contributed by atoms with Crippen molar-refractivity contribution in [1.82, 2.24) is 20.4 Å². The molecule has 2 aromatic rings. The second-order valence-electron chi connectivity index (χ2n) is 5.86. The molecule has 2 N–H and O–H groups in total. The molecule has 1 amide bonds. The molecule has 0 radical (unpaired) electrons. The van der Waals surface area contributed by atoms with Gasteiger partial charge in [0.25, 0.3) is 11.6 Å². The molecule has 0 fully saturated rings. The third-order valence-electron chi connectivity index (χ3n) is 4.14. The summed E-state index contributed by atoms with van der Waals surface area (Å²) < 4.78 is 0. The number of aromatic nitrogens is 2. The van der Waals surface area contributed by atoms with Crippen molar-refractivity contribution in [3.05, 3.63) is 69.5 Å². The lowest BCUT2D eigenvalue weighted by molar-refractivity contribution is -0.384. The number of non-ortho nitro benzene ring substituents is 1. The Balaban J connectivity index is 1.84. The average molecular weight is 341 g/mol. The Kier molecular flexibility index (Phi) is 4.90. The van der Waals surface area contributed by atoms with E-state index in [2.05, 4.69) is 22.1 Å². The second kappa shape index (κ2) is 7.27. The molecular weight excluding hydrogens is 322 g/mol. The van der Waals surface area contributed by atoms with Crippen molar-refractivity contribution >= 4 is 11.6 Å². The van der Waals surface area contributed by atoms with E-state index >= 15 is 0 Å². The van der Waals surface area contributed by atoms with Crippen LogP contribution in [-0.2, 0) is 19.5 Å². The van der Waals surface area contributed by atoms with E-state index in [1.165, 1.54) is 12.1 Å². The van der Waals surface area contributed by atoms with E-state index in [0.717, 1.165) is 24.2 Å². The first-order chi connectivity index (χ1) is 12.1. The number of hydrogen-bond donors (Lipinski definition) is 2. The Labute approximate surface area is 144 Å². The molecule has 0 bridgehead atoms. The van der Waals surface area contributed by atoms with Crippen LogP contribution < -0.4 is 5.32 Å². The normalized spacial score (nSPS) is 13.1. The minimum Gasteiger partial charge on any atom is -0.329 e. The molecule has 0 atom stereocenters. The highest BCUT2D eigenvalue weighted by molar-refractivity contribution is 5.94. The number of amides is 1. The number of benzene rings is 1. The van der Waals surface area contributed by atoms with Crippen molar-refractivity contribution in [2.75, 3.05) is 13.1 Å². The van der Waals surface area contributed by atoms with E-state index in [0.29, 0.717) is 24.3 Å². The highest BCUT2D eigenvalue weighted by atomic mass is 16.6. The van der Waals surface area contributed by atoms with Gasteiger partial charge in [0, 0.05) is 56.0 Å². The fourth-order valence-electron chi connectivity index (χ4n) is 2.92. The highest BCUT2D eigenvalue weighted by Crippen LogP contribution is 2.19. The lowest BCUT2D eigenvalue weighted by atomic mass is 10.1. The summed E-state index contributed by atoms with van der Waals surface area (Å²) in [5.74, 6) is -0.215. The Morgan fingerprint density at radius 3 is 3.08 bits per heavy atom. The molecule has 2 heterocycles. The van der Waals surface area contributed by atoms with Gasteiger partial charge in [-0.25, -0.2) is 0 Å². The first kappa shape index (κ1) is 16.8. The first-order valence-corrected chi connectivity index (χ1v) is 8.00. The van der Waals surface area contributed by atoms with Crippen LogP contribution in [0, 0.1) is 10.1 Å². The summed E-state index contributed by atoms with van der Waals surface area (Å²) in [6.07, 6.45) is 2.44. The maximum atomic E-state index is 12.9. The van der Waals surface area contributed by atoms with Crippen molar-refractivity contribution in [2.45, 2.75) is 19.5 Å². The minimum absolute atomic E-state index is 0.00449. The van der Waals surface area contributed by atoms with Gasteiger partial charge in [-0.05, 0) is 5.56 Å². The van der Waals surface area contributed by atoms with E-state index in [1.54, 1.807) is 23.1 Å². The topological polar surface area (TPSA) is 104 Å². The molecule has 0 aliphatic carbocycles. The van der Waals surface area contributed by atoms with Crippen LogP contribution in [0.15, 0.2) is 36.9 Å². The Bertz CT molecular complexity index is 814. The van der Waals surface area contributed by atoms with Crippen LogP contribution in [0.5, 0.6) is 0 Å². The minimum atomic E-state index is -0.446. The van der Waals surface area contributed by atoms with Crippen molar-refractivity contribution in [3.63, 3.8) is 0 Å². The Morgan fingerprint density at radius 1 is 1.48 bits per heavy atom. The van der Waals surface area contributed by atoms with Gasteiger partial charge in [-0.15, -0.1) is 6.58 Å². The molecule has 1 aliphatic rings. The molecule has 25 heavy (non-hydrogen) atoms. The third kappa shape index (κ3) is 3.58. The van der Waals surface area contributed by atoms with Crippen LogP contribution in [-0.4, -0.2) is 39.0 Å². The predicted molar refractivity (Wildman–Crippen MR) is 92.0 cm³/mol. The predicted octanol–water partition coefficient (Wildman–Crippen LogP) is 1.79. The van der Waals surface area contributed by atoms with Gasteiger partial charge < -0.3 is 10.2 Å². The number of carbonyl (C=O) groups excluding carboxylic acids is 1. The fourth-order valence-corrected chi connectivity index (χ4v) is 2.92. The number of nitro groups is 1. The monoisotopic (exact) mass is 341 g/mol. The van der Waals surface area contributed by atoms with Gasteiger partial charge in [0.05, 0.1) is 4.92 Å². The van der Waals surface area contributed by atoms with Gasteiger partial charge in [-0.2, -0.15) is 5.10 Å². The quantitative estimate of drug-likeness (QED) is 0.473. The molecule has 0 unspecified atom stereocenters. The zero-order valence-electron chi connectivity index (χ0n) is 13.7. The fraction of sp³-hybridized carbons (Fsp3) is 0.294. The van der Waals surface area contributed by atoms with Crippen LogP contribution in [0.3, 0.4) is 0 Å². The van der Waals surface area contributed by atoms with Crippen LogP contribution in [0.2, 0.25) is 0 Å². The molecular formula is C17H19N5O3. The molecule has 130 valence electrons. The number of aromatic amines is 1. The maximum Gasteiger partial charge on any atom is 0.275 e. The van der Waals surface area contributed by atoms with Crippen molar-refractivity contribution < 1.29 is 9.72 Å². The van der Waals surface area contributed by atoms with E-state index in [9.17, 15) is 14.9 Å². The summed E-state index contributed by atoms with van der Waals surface area (Å²) in [6, 6.07) is 6.28. The van der Waals surface area contributed by atoms with Crippen molar-refractivity contribution in [2.24, 2.45) is 0 Å². The maximum absolute atomic E-state index is 12.9. The smallest absolute Gasteiger partial charge is 0.275 e. The lowest BCUT2D eigenvalue weighted by Crippen LogP contribution is -2.33. The number of rotatable bonds is 6. The number of nitrogens with one attached hydrogen (secondary N) is 2. The second-order valence-corrected chi connectivity index (χ2v) is 5.86. The van der Waals surface area contributed by atoms with Crippen molar-refractivity contribution in [3.8, 4) is 0 Å². The summed E-state index contributed by atoms with van der Waals surface area (Å²) in [7, 11) is 0. The molecule has 8 heteroatoms. The number of nitro benzene ring substituents is 1. The number of carbonyl (C=O) groups is 1. The van der Waals surface area contributed by atoms with Crippen LogP contribution in [0.1, 0.15) is 27.3 Å². The number of H-pyrrole nitrogens is 1. The van der Waals surface area contributed by atoms with E-state index in [1.807, 2.05) is 0 Å². The van der Waals surface area contributed by atoms with Gasteiger partial charge in [-0.1, -0.05) is 18.2 Å². The lowest BCUT2D eigenvalue weighted by Gasteiger charge is -2.21. The first-order valence-electron chi connectivity index (χ1n) is 8.00. The SMILES string of the molecule is C=CCN(Cc1cccc([N+](=O)[O-])c1)C(=O)c1n[nH]c2c1CNCC2. The zero-order valence-corrected chi connectivity index (χ0v) is 13.7. The molecule has 0 saturated carbocycles. The summed E-state index contributed by atoms with van der Waals surface area (Å²) in [6.45, 7) is 5.73. The summed E-state index contributed by atoms with van der Waals surface area (Å²) in [5.41, 5.74) is 2.96. The van der Waals surface area contributed by atoms with Gasteiger partial charge >= 0.3 is 0 Å². The molecule has 8 nitrogen and oxygen atoms in total. The van der Waals surface area contributed by atoms with Gasteiger partial charge in [-0.3, -0.25) is 20.0 Å². The Morgan fingerprint density at radius 2 is 2.32 bits per heavy atom. The highest BCUT2D eigenvalue weighted by Gasteiger charge is 2.25. The van der Waals surface area contributed by atoms with Gasteiger partial charge in [0.2, 0.25) is 0 Å². The molecule has 1 aromatic heterocycles. The molecule has 0 spiro atoms. The standard InChI is InChI=1S/C17H19N5O3/c1-2-8-21(11-12-4-3-5-13(9-12)22(24)25)17(23)16-14-10-18-7-6-15(14)19-20-16/h2-5,9,18H,1,6-8,10-11H2,(H,19,20). The zero-order chi connectivity index (χ0) is 17.8. The van der Waals surface area contributed by atoms with Gasteiger partial charge in [0.1, 0.15) is 0 Å². The average Bonchev–Trinajstić information content (AvgIpc) is 3.05. The number of hydrogen-bond acceptors (Lipinski definition) is 5. The Hall–Kier alpha value is -3.00. The number of nitrogens with zero attached hydrogens (tertiary/aromatic N) is 3. The molecule has 1 aromatic carbocycles. The van der Waals surface area contributed by atoms with Crippen molar-refractivity contribution in [1.29, 1.82) is 0 Å². The number of fused-ring (bicyclic) bond motifs is 1. The van der Waals surface area contributed by atoms with Crippen LogP contribution in [0.4, 0.5) is 5.69 Å². The largest absolute Gasteiger partial charge is 0.329 e. The summed E-state index contributed by atoms with van der Waals surface area (Å²) >= 11 is 0. The molecule has 1 aliphatic heterocycles. The third-order valence-corrected chi connectivity index (χ3v) is 4.14. The summed E-state index contributed by atoms with van der Waals surface area (Å²) in [5, 5.41) is 21.3. The summed E-state index contributed by atoms with van der Waals surface area (Å²) in [4.78, 5) is 25.0. The van der Waals surface area contributed by atoms with E-state index in [4.69, 9.17) is 0 Å². The van der Waals surface area contributed by atoms with E-state index < -0.39 is 4.92 Å². The van der Waals surface area contributed by atoms with Gasteiger partial charge in [0.15, 0.2) is 5.69 Å². The molecule has 3 rings (SSSR count).